The van der Waals surface area contributed by atoms with Gasteiger partial charge in [-0.2, -0.15) is 0 Å². The number of ketones is 1. The monoisotopic (exact) mass is 455 g/mol. The minimum atomic E-state index is -0.563. The molecule has 0 saturated carbocycles. The van der Waals surface area contributed by atoms with E-state index in [1.54, 1.807) is 12.4 Å². The zero-order valence-electron chi connectivity index (χ0n) is 17.0. The Morgan fingerprint density at radius 2 is 2.06 bits per heavy atom. The summed E-state index contributed by atoms with van der Waals surface area (Å²) in [7, 11) is 0. The number of nitrogens with zero attached hydrogens (tertiary/aromatic N) is 3. The molecule has 9 heteroatoms. The number of aromatic nitrogens is 3. The van der Waals surface area contributed by atoms with Gasteiger partial charge in [-0.15, -0.1) is 11.3 Å². The van der Waals surface area contributed by atoms with Gasteiger partial charge in [0.05, 0.1) is 9.88 Å². The van der Waals surface area contributed by atoms with Gasteiger partial charge in [-0.25, -0.2) is 15.0 Å². The lowest BCUT2D eigenvalue weighted by Gasteiger charge is -2.23. The van der Waals surface area contributed by atoms with Crippen LogP contribution in [0.4, 0.5) is 5.95 Å². The van der Waals surface area contributed by atoms with Gasteiger partial charge >= 0.3 is 0 Å². The fourth-order valence-electron chi connectivity index (χ4n) is 3.65. The van der Waals surface area contributed by atoms with Gasteiger partial charge in [-0.1, -0.05) is 23.7 Å². The Bertz CT molecular complexity index is 1060. The largest absolute Gasteiger partial charge is 0.342 e. The summed E-state index contributed by atoms with van der Waals surface area (Å²) in [5.74, 6) is 0.246. The lowest BCUT2D eigenvalue weighted by molar-refractivity contribution is -0.107. The number of Topliss-reactive ketones (excluding diaryl/α,β-unsaturated/α-hetero) is 1. The van der Waals surface area contributed by atoms with Crippen LogP contribution in [-0.2, 0) is 11.2 Å². The van der Waals surface area contributed by atoms with E-state index in [-0.39, 0.29) is 18.2 Å². The van der Waals surface area contributed by atoms with Crippen molar-refractivity contribution < 1.29 is 9.59 Å². The van der Waals surface area contributed by atoms with Crippen LogP contribution in [0, 0.1) is 6.92 Å². The van der Waals surface area contributed by atoms with Crippen molar-refractivity contribution in [2.75, 3.05) is 11.9 Å². The number of nitrogens with one attached hydrogen (secondary N) is 2. The van der Waals surface area contributed by atoms with Crippen LogP contribution in [0.25, 0.3) is 10.4 Å². The fraction of sp³-hybridized carbons (Fsp3) is 0.318. The van der Waals surface area contributed by atoms with E-state index in [0.717, 1.165) is 46.7 Å². The quantitative estimate of drug-likeness (QED) is 0.394. The summed E-state index contributed by atoms with van der Waals surface area (Å²) in [6.07, 6.45) is 6.12. The first-order valence-corrected chi connectivity index (χ1v) is 11.3. The Kier molecular flexibility index (Phi) is 6.70. The second kappa shape index (κ2) is 9.64. The summed E-state index contributed by atoms with van der Waals surface area (Å²) in [6, 6.07) is 6.80. The molecule has 1 fully saturated rings. The predicted octanol–water partition coefficient (Wildman–Crippen LogP) is 3.72. The third-order valence-corrected chi connectivity index (χ3v) is 6.44. The van der Waals surface area contributed by atoms with Crippen LogP contribution < -0.4 is 10.6 Å². The number of carbonyl (C=O) groups excluding carboxylic acids is 2. The summed E-state index contributed by atoms with van der Waals surface area (Å²) < 4.78 is 0. The molecule has 2 aromatic heterocycles. The predicted molar refractivity (Wildman–Crippen MR) is 122 cm³/mol. The zero-order chi connectivity index (χ0) is 21.8. The molecule has 160 valence electrons. The lowest BCUT2D eigenvalue weighted by Crippen LogP contribution is -2.46. The highest BCUT2D eigenvalue weighted by atomic mass is 35.5. The van der Waals surface area contributed by atoms with Gasteiger partial charge in [0.2, 0.25) is 11.7 Å². The van der Waals surface area contributed by atoms with Crippen molar-refractivity contribution in [1.29, 1.82) is 0 Å². The highest BCUT2D eigenvalue weighted by Gasteiger charge is 2.34. The first-order valence-electron chi connectivity index (χ1n) is 10.1. The van der Waals surface area contributed by atoms with Crippen molar-refractivity contribution in [3.63, 3.8) is 0 Å². The molecule has 0 radical (unpaired) electrons. The molecule has 2 atom stereocenters. The maximum Gasteiger partial charge on any atom is 0.223 e. The molecule has 1 unspecified atom stereocenters. The summed E-state index contributed by atoms with van der Waals surface area (Å²) in [5, 5.41) is 8.07. The van der Waals surface area contributed by atoms with Crippen LogP contribution in [-0.4, -0.2) is 45.6 Å². The van der Waals surface area contributed by atoms with Gasteiger partial charge in [0.1, 0.15) is 18.0 Å². The maximum atomic E-state index is 13.7. The minimum Gasteiger partial charge on any atom is -0.342 e. The van der Waals surface area contributed by atoms with Gasteiger partial charge < -0.3 is 15.4 Å². The molecular formula is C22H22ClN5O2S. The highest BCUT2D eigenvalue weighted by molar-refractivity contribution is 7.15. The van der Waals surface area contributed by atoms with Crippen molar-refractivity contribution in [3.8, 4) is 10.4 Å². The molecule has 0 bridgehead atoms. The summed E-state index contributed by atoms with van der Waals surface area (Å²) in [4.78, 5) is 38.4. The van der Waals surface area contributed by atoms with E-state index in [2.05, 4.69) is 25.6 Å². The van der Waals surface area contributed by atoms with Crippen molar-refractivity contribution in [2.45, 2.75) is 38.3 Å². The van der Waals surface area contributed by atoms with Crippen molar-refractivity contribution in [3.05, 3.63) is 57.9 Å². The zero-order valence-corrected chi connectivity index (χ0v) is 18.5. The molecule has 1 aliphatic heterocycles. The summed E-state index contributed by atoms with van der Waals surface area (Å²) in [6.45, 7) is 2.75. The van der Waals surface area contributed by atoms with Crippen LogP contribution in [0.2, 0.25) is 5.02 Å². The van der Waals surface area contributed by atoms with Gasteiger partial charge in [0, 0.05) is 29.9 Å². The van der Waals surface area contributed by atoms with Crippen molar-refractivity contribution >= 4 is 41.0 Å². The van der Waals surface area contributed by atoms with Crippen LogP contribution >= 0.6 is 22.9 Å². The standard InChI is InChI=1S/C22H22ClN5O2S/c1-13-27-19(21(31-13)15-4-6-16(23)7-5-15)20(30)18(17-3-2-9-24-17)28-22-25-11-14(8-10-29)12-26-22/h4-7,10-12,17-18,24H,2-3,8-9H2,1H3,(H,25,26,28)/t17-,18?/m0/s1. The molecule has 0 spiro atoms. The molecule has 4 rings (SSSR count). The first kappa shape index (κ1) is 21.5. The number of thiazole rings is 1. The van der Waals surface area contributed by atoms with Gasteiger partial charge in [0.25, 0.3) is 0 Å². The number of aryl methyl sites for hydroxylation is 1. The second-order valence-electron chi connectivity index (χ2n) is 7.39. The number of halogens is 1. The number of aldehydes is 1. The summed E-state index contributed by atoms with van der Waals surface area (Å²) in [5.41, 5.74) is 2.07. The third kappa shape index (κ3) is 4.98. The van der Waals surface area contributed by atoms with Crippen LogP contribution in [0.3, 0.4) is 0 Å². The highest BCUT2D eigenvalue weighted by Crippen LogP contribution is 2.32. The van der Waals surface area contributed by atoms with E-state index in [0.29, 0.717) is 16.7 Å². The van der Waals surface area contributed by atoms with Crippen LogP contribution in [0.15, 0.2) is 36.7 Å². The Balaban J connectivity index is 1.65. The molecule has 1 aliphatic rings. The SMILES string of the molecule is Cc1nc(C(=O)C(Nc2ncc(CC=O)cn2)[C@@H]2CCCN2)c(-c2ccc(Cl)cc2)s1. The maximum absolute atomic E-state index is 13.7. The number of rotatable bonds is 8. The molecule has 7 nitrogen and oxygen atoms in total. The average molecular weight is 456 g/mol. The Hall–Kier alpha value is -2.68. The fourth-order valence-corrected chi connectivity index (χ4v) is 4.71. The van der Waals surface area contributed by atoms with Crippen molar-refractivity contribution in [2.24, 2.45) is 0 Å². The molecule has 0 aliphatic carbocycles. The van der Waals surface area contributed by atoms with E-state index in [4.69, 9.17) is 11.6 Å². The first-order chi connectivity index (χ1) is 15.0. The topological polar surface area (TPSA) is 96.9 Å². The van der Waals surface area contributed by atoms with E-state index in [1.807, 2.05) is 31.2 Å². The van der Waals surface area contributed by atoms with E-state index < -0.39 is 6.04 Å². The Labute approximate surface area is 189 Å². The molecule has 3 aromatic rings. The number of anilines is 1. The average Bonchev–Trinajstić information content (AvgIpc) is 3.43. The van der Waals surface area contributed by atoms with Crippen LogP contribution in [0.5, 0.6) is 0 Å². The normalized spacial score (nSPS) is 16.8. The lowest BCUT2D eigenvalue weighted by atomic mass is 9.98. The van der Waals surface area contributed by atoms with Gasteiger partial charge in [-0.05, 0) is 49.6 Å². The molecular weight excluding hydrogens is 434 g/mol. The van der Waals surface area contributed by atoms with E-state index in [9.17, 15) is 9.59 Å². The van der Waals surface area contributed by atoms with Crippen molar-refractivity contribution in [1.82, 2.24) is 20.3 Å². The second-order valence-corrected chi connectivity index (χ2v) is 9.03. The number of hydrogen-bond acceptors (Lipinski definition) is 8. The molecule has 2 N–H and O–H groups in total. The molecule has 1 saturated heterocycles. The Morgan fingerprint density at radius 3 is 2.71 bits per heavy atom. The molecule has 1 aromatic carbocycles. The van der Waals surface area contributed by atoms with E-state index in [1.165, 1.54) is 11.3 Å². The van der Waals surface area contributed by atoms with Crippen LogP contribution in [0.1, 0.15) is 33.9 Å². The number of benzene rings is 1. The smallest absolute Gasteiger partial charge is 0.223 e. The molecule has 31 heavy (non-hydrogen) atoms. The number of carbonyl (C=O) groups is 2. The molecule has 3 heterocycles. The number of hydrogen-bond donors (Lipinski definition) is 2. The molecule has 0 amide bonds. The summed E-state index contributed by atoms with van der Waals surface area (Å²) >= 11 is 7.52. The third-order valence-electron chi connectivity index (χ3n) is 5.17. The van der Waals surface area contributed by atoms with Gasteiger partial charge in [0.15, 0.2) is 0 Å². The minimum absolute atomic E-state index is 0.0502. The van der Waals surface area contributed by atoms with Gasteiger partial charge in [-0.3, -0.25) is 4.79 Å². The van der Waals surface area contributed by atoms with E-state index >= 15 is 0 Å². The Morgan fingerprint density at radius 1 is 1.32 bits per heavy atom.